The van der Waals surface area contributed by atoms with Crippen molar-refractivity contribution in [1.82, 2.24) is 15.2 Å². The second-order valence-corrected chi connectivity index (χ2v) is 4.26. The molecule has 2 atom stereocenters. The topological polar surface area (TPSA) is 55.9 Å². The van der Waals surface area contributed by atoms with E-state index in [9.17, 15) is 0 Å². The molecule has 1 fully saturated rings. The van der Waals surface area contributed by atoms with Crippen LogP contribution in [0.5, 0.6) is 0 Å². The van der Waals surface area contributed by atoms with Crippen LogP contribution >= 0.6 is 0 Å². The summed E-state index contributed by atoms with van der Waals surface area (Å²) in [5.74, 6) is 6.99. The zero-order valence-electron chi connectivity index (χ0n) is 8.77. The third kappa shape index (κ3) is 1.81. The molecule has 1 aliphatic rings. The Morgan fingerprint density at radius 2 is 2.36 bits per heavy atom. The molecule has 2 unspecified atom stereocenters. The van der Waals surface area contributed by atoms with E-state index in [-0.39, 0.29) is 6.04 Å². The molecule has 0 spiro atoms. The van der Waals surface area contributed by atoms with Crippen LogP contribution < -0.4 is 11.3 Å². The van der Waals surface area contributed by atoms with Gasteiger partial charge in [0.25, 0.3) is 0 Å². The standard InChI is InChI=1S/C10H18N4/c1-7(8-3-4-8)10(12-11)9-5-6-14(2)13-9/h5-8,10,12H,3-4,11H2,1-2H3. The van der Waals surface area contributed by atoms with E-state index in [0.29, 0.717) is 5.92 Å². The first kappa shape index (κ1) is 9.68. The monoisotopic (exact) mass is 194 g/mol. The minimum atomic E-state index is 0.198. The highest BCUT2D eigenvalue weighted by Crippen LogP contribution is 2.41. The zero-order chi connectivity index (χ0) is 10.1. The third-order valence-corrected chi connectivity index (χ3v) is 3.12. The molecule has 0 aromatic carbocycles. The highest BCUT2D eigenvalue weighted by Gasteiger charge is 2.34. The molecule has 4 heteroatoms. The Labute approximate surface area is 84.4 Å². The van der Waals surface area contributed by atoms with Gasteiger partial charge in [0.2, 0.25) is 0 Å². The van der Waals surface area contributed by atoms with Gasteiger partial charge in [-0.3, -0.25) is 16.0 Å². The van der Waals surface area contributed by atoms with Gasteiger partial charge in [-0.25, -0.2) is 0 Å². The van der Waals surface area contributed by atoms with Crippen LogP contribution in [0.4, 0.5) is 0 Å². The number of aryl methyl sites for hydroxylation is 1. The van der Waals surface area contributed by atoms with Gasteiger partial charge in [-0.05, 0) is 30.7 Å². The van der Waals surface area contributed by atoms with Gasteiger partial charge >= 0.3 is 0 Å². The van der Waals surface area contributed by atoms with Crippen LogP contribution in [0.25, 0.3) is 0 Å². The summed E-state index contributed by atoms with van der Waals surface area (Å²) in [7, 11) is 1.93. The lowest BCUT2D eigenvalue weighted by atomic mass is 9.95. The molecule has 14 heavy (non-hydrogen) atoms. The largest absolute Gasteiger partial charge is 0.275 e. The van der Waals surface area contributed by atoms with E-state index in [0.717, 1.165) is 11.6 Å². The Kier molecular flexibility index (Phi) is 2.56. The molecule has 1 aliphatic carbocycles. The van der Waals surface area contributed by atoms with Gasteiger partial charge in [-0.15, -0.1) is 0 Å². The van der Waals surface area contributed by atoms with Crippen molar-refractivity contribution in [2.24, 2.45) is 24.7 Å². The minimum Gasteiger partial charge on any atom is -0.275 e. The Morgan fingerprint density at radius 1 is 1.64 bits per heavy atom. The average Bonchev–Trinajstić information content (AvgIpc) is 2.92. The van der Waals surface area contributed by atoms with E-state index < -0.39 is 0 Å². The summed E-state index contributed by atoms with van der Waals surface area (Å²) in [6, 6.07) is 2.23. The van der Waals surface area contributed by atoms with Gasteiger partial charge in [0, 0.05) is 13.2 Å². The van der Waals surface area contributed by atoms with E-state index in [4.69, 9.17) is 5.84 Å². The quantitative estimate of drug-likeness (QED) is 0.554. The van der Waals surface area contributed by atoms with Crippen LogP contribution in [-0.2, 0) is 7.05 Å². The number of nitrogens with two attached hydrogens (primary N) is 1. The molecule has 1 heterocycles. The minimum absolute atomic E-state index is 0.198. The van der Waals surface area contributed by atoms with Gasteiger partial charge in [-0.1, -0.05) is 6.92 Å². The van der Waals surface area contributed by atoms with Crippen molar-refractivity contribution in [2.45, 2.75) is 25.8 Å². The zero-order valence-corrected chi connectivity index (χ0v) is 8.77. The molecular formula is C10H18N4. The number of nitrogens with zero attached hydrogens (tertiary/aromatic N) is 2. The molecule has 1 aromatic rings. The highest BCUT2D eigenvalue weighted by atomic mass is 15.3. The van der Waals surface area contributed by atoms with Crippen LogP contribution in [0.3, 0.4) is 0 Å². The lowest BCUT2D eigenvalue weighted by molar-refractivity contribution is 0.345. The van der Waals surface area contributed by atoms with Crippen molar-refractivity contribution in [3.8, 4) is 0 Å². The number of hydrogen-bond acceptors (Lipinski definition) is 3. The first-order valence-electron chi connectivity index (χ1n) is 5.18. The molecule has 0 aliphatic heterocycles. The predicted octanol–water partition coefficient (Wildman–Crippen LogP) is 0.971. The van der Waals surface area contributed by atoms with Crippen LogP contribution in [0.15, 0.2) is 12.3 Å². The van der Waals surface area contributed by atoms with E-state index in [2.05, 4.69) is 17.4 Å². The number of hydrogen-bond donors (Lipinski definition) is 2. The van der Waals surface area contributed by atoms with Crippen LogP contribution in [-0.4, -0.2) is 9.78 Å². The van der Waals surface area contributed by atoms with Crippen LogP contribution in [0, 0.1) is 11.8 Å². The second-order valence-electron chi connectivity index (χ2n) is 4.26. The summed E-state index contributed by atoms with van der Waals surface area (Å²) in [5.41, 5.74) is 3.93. The lowest BCUT2D eigenvalue weighted by Gasteiger charge is -2.20. The SMILES string of the molecule is CC(C1CC1)C(NN)c1ccn(C)n1. The van der Waals surface area contributed by atoms with Gasteiger partial charge in [0.05, 0.1) is 11.7 Å². The second kappa shape index (κ2) is 3.71. The smallest absolute Gasteiger partial charge is 0.0810 e. The Bertz CT molecular complexity index is 303. The molecule has 1 saturated carbocycles. The molecule has 0 bridgehead atoms. The van der Waals surface area contributed by atoms with E-state index in [1.807, 2.05) is 24.0 Å². The molecule has 0 radical (unpaired) electrons. The van der Waals surface area contributed by atoms with Gasteiger partial charge in [-0.2, -0.15) is 5.10 Å². The van der Waals surface area contributed by atoms with E-state index in [1.54, 1.807) is 0 Å². The molecule has 4 nitrogen and oxygen atoms in total. The predicted molar refractivity (Wildman–Crippen MR) is 55.2 cm³/mol. The fourth-order valence-electron chi connectivity index (χ4n) is 2.00. The molecule has 2 rings (SSSR count). The van der Waals surface area contributed by atoms with Crippen LogP contribution in [0.2, 0.25) is 0 Å². The maximum Gasteiger partial charge on any atom is 0.0810 e. The van der Waals surface area contributed by atoms with Crippen molar-refractivity contribution >= 4 is 0 Å². The third-order valence-electron chi connectivity index (χ3n) is 3.12. The number of rotatable bonds is 4. The van der Waals surface area contributed by atoms with Gasteiger partial charge < -0.3 is 0 Å². The molecule has 0 amide bonds. The van der Waals surface area contributed by atoms with Crippen molar-refractivity contribution in [2.75, 3.05) is 0 Å². The fraction of sp³-hybridized carbons (Fsp3) is 0.700. The first-order valence-corrected chi connectivity index (χ1v) is 5.18. The molecule has 3 N–H and O–H groups in total. The maximum atomic E-state index is 5.58. The van der Waals surface area contributed by atoms with Gasteiger partial charge in [0.1, 0.15) is 0 Å². The van der Waals surface area contributed by atoms with Crippen molar-refractivity contribution in [3.05, 3.63) is 18.0 Å². The summed E-state index contributed by atoms with van der Waals surface area (Å²) < 4.78 is 1.82. The normalized spacial score (nSPS) is 20.8. The Morgan fingerprint density at radius 3 is 2.79 bits per heavy atom. The Hall–Kier alpha value is -0.870. The fourth-order valence-corrected chi connectivity index (χ4v) is 2.00. The van der Waals surface area contributed by atoms with Crippen molar-refractivity contribution in [3.63, 3.8) is 0 Å². The molecule has 1 aromatic heterocycles. The summed E-state index contributed by atoms with van der Waals surface area (Å²) in [6.07, 6.45) is 4.64. The molecular weight excluding hydrogens is 176 g/mol. The summed E-state index contributed by atoms with van der Waals surface area (Å²) in [5, 5.41) is 4.39. The lowest BCUT2D eigenvalue weighted by Crippen LogP contribution is -2.33. The van der Waals surface area contributed by atoms with E-state index >= 15 is 0 Å². The van der Waals surface area contributed by atoms with E-state index in [1.165, 1.54) is 12.8 Å². The first-order chi connectivity index (χ1) is 6.72. The summed E-state index contributed by atoms with van der Waals surface area (Å²) in [6.45, 7) is 2.25. The summed E-state index contributed by atoms with van der Waals surface area (Å²) in [4.78, 5) is 0. The van der Waals surface area contributed by atoms with Crippen LogP contribution in [0.1, 0.15) is 31.5 Å². The number of hydrazine groups is 1. The Balaban J connectivity index is 2.11. The highest BCUT2D eigenvalue weighted by molar-refractivity contribution is 5.07. The molecule has 0 saturated heterocycles. The number of aromatic nitrogens is 2. The van der Waals surface area contributed by atoms with Gasteiger partial charge in [0.15, 0.2) is 0 Å². The molecule has 78 valence electrons. The van der Waals surface area contributed by atoms with Crippen molar-refractivity contribution in [1.29, 1.82) is 0 Å². The average molecular weight is 194 g/mol. The maximum absolute atomic E-state index is 5.58. The number of nitrogens with one attached hydrogen (secondary N) is 1. The van der Waals surface area contributed by atoms with Crippen molar-refractivity contribution < 1.29 is 0 Å². The summed E-state index contributed by atoms with van der Waals surface area (Å²) >= 11 is 0.